The third-order valence-electron chi connectivity index (χ3n) is 4.46. The third-order valence-corrected chi connectivity index (χ3v) is 4.46. The molecular formula is C19H16F6N4O2. The molecule has 1 unspecified atom stereocenters. The van der Waals surface area contributed by atoms with E-state index in [1.165, 1.54) is 19.3 Å². The summed E-state index contributed by atoms with van der Waals surface area (Å²) in [4.78, 5) is 32.7. The minimum Gasteiger partial charge on any atom is -0.348 e. The quantitative estimate of drug-likeness (QED) is 0.683. The zero-order valence-electron chi connectivity index (χ0n) is 15.9. The number of benzene rings is 1. The Morgan fingerprint density at radius 1 is 0.935 bits per heavy atom. The van der Waals surface area contributed by atoms with E-state index >= 15 is 0 Å². The maximum absolute atomic E-state index is 13.0. The van der Waals surface area contributed by atoms with Crippen LogP contribution in [0.5, 0.6) is 0 Å². The highest BCUT2D eigenvalue weighted by molar-refractivity contribution is 5.96. The molecule has 1 aliphatic rings. The lowest BCUT2D eigenvalue weighted by Gasteiger charge is -2.18. The van der Waals surface area contributed by atoms with Crippen LogP contribution >= 0.6 is 0 Å². The van der Waals surface area contributed by atoms with Crippen LogP contribution in [0.4, 0.5) is 26.3 Å². The third kappa shape index (κ3) is 5.50. The molecule has 1 heterocycles. The van der Waals surface area contributed by atoms with Crippen LogP contribution in [-0.2, 0) is 12.4 Å². The van der Waals surface area contributed by atoms with Crippen molar-refractivity contribution in [2.45, 2.75) is 44.2 Å². The summed E-state index contributed by atoms with van der Waals surface area (Å²) >= 11 is 0. The normalized spacial score (nSPS) is 15.3. The molecule has 0 bridgehead atoms. The largest absolute Gasteiger partial charge is 0.416 e. The van der Waals surface area contributed by atoms with E-state index in [1.54, 1.807) is 0 Å². The molecule has 6 nitrogen and oxygen atoms in total. The van der Waals surface area contributed by atoms with Gasteiger partial charge in [-0.05, 0) is 38.0 Å². The molecule has 12 heteroatoms. The number of rotatable bonds is 5. The lowest BCUT2D eigenvalue weighted by molar-refractivity contribution is -0.143. The molecular weight excluding hydrogens is 430 g/mol. The molecule has 1 aliphatic carbocycles. The summed E-state index contributed by atoms with van der Waals surface area (Å²) in [6, 6.07) is -0.421. The first-order valence-electron chi connectivity index (χ1n) is 9.08. The zero-order valence-corrected chi connectivity index (χ0v) is 15.9. The van der Waals surface area contributed by atoms with Crippen LogP contribution in [0, 0.1) is 0 Å². The molecule has 1 atom stereocenters. The summed E-state index contributed by atoms with van der Waals surface area (Å²) in [5, 5.41) is 4.97. The van der Waals surface area contributed by atoms with Crippen molar-refractivity contribution in [2.75, 3.05) is 0 Å². The number of aromatic nitrogens is 2. The average molecular weight is 446 g/mol. The molecule has 1 aromatic carbocycles. The van der Waals surface area contributed by atoms with E-state index in [0.717, 1.165) is 12.8 Å². The van der Waals surface area contributed by atoms with Gasteiger partial charge >= 0.3 is 12.4 Å². The Hall–Kier alpha value is -3.18. The molecule has 2 amide bonds. The summed E-state index contributed by atoms with van der Waals surface area (Å²) < 4.78 is 78.1. The first kappa shape index (κ1) is 22.5. The van der Waals surface area contributed by atoms with Crippen molar-refractivity contribution in [3.05, 3.63) is 58.7 Å². The van der Waals surface area contributed by atoms with Crippen molar-refractivity contribution in [2.24, 2.45) is 0 Å². The summed E-state index contributed by atoms with van der Waals surface area (Å²) in [6.45, 7) is 1.38. The van der Waals surface area contributed by atoms with Gasteiger partial charge in [0.15, 0.2) is 5.69 Å². The first-order valence-corrected chi connectivity index (χ1v) is 9.08. The van der Waals surface area contributed by atoms with Gasteiger partial charge in [-0.25, -0.2) is 4.98 Å². The van der Waals surface area contributed by atoms with Crippen molar-refractivity contribution in [3.8, 4) is 0 Å². The highest BCUT2D eigenvalue weighted by Crippen LogP contribution is 2.36. The molecule has 31 heavy (non-hydrogen) atoms. The Morgan fingerprint density at radius 2 is 1.48 bits per heavy atom. The summed E-state index contributed by atoms with van der Waals surface area (Å²) in [5.74, 6) is -1.73. The molecule has 1 aromatic heterocycles. The van der Waals surface area contributed by atoms with Crippen molar-refractivity contribution in [1.29, 1.82) is 0 Å². The van der Waals surface area contributed by atoms with E-state index in [-0.39, 0.29) is 23.5 Å². The second-order valence-electron chi connectivity index (χ2n) is 7.03. The van der Waals surface area contributed by atoms with Crippen molar-refractivity contribution < 1.29 is 35.9 Å². The molecule has 166 valence electrons. The van der Waals surface area contributed by atoms with E-state index in [9.17, 15) is 35.9 Å². The number of halogens is 6. The number of carbonyl (C=O) groups is 2. The fraction of sp³-hybridized carbons (Fsp3) is 0.368. The molecule has 0 aliphatic heterocycles. The predicted octanol–water partition coefficient (Wildman–Crippen LogP) is 3.90. The van der Waals surface area contributed by atoms with E-state index in [0.29, 0.717) is 12.1 Å². The topological polar surface area (TPSA) is 84.0 Å². The van der Waals surface area contributed by atoms with Crippen LogP contribution < -0.4 is 10.6 Å². The maximum Gasteiger partial charge on any atom is 0.416 e. The van der Waals surface area contributed by atoms with Gasteiger partial charge in [-0.1, -0.05) is 0 Å². The number of hydrogen-bond donors (Lipinski definition) is 2. The monoisotopic (exact) mass is 446 g/mol. The highest BCUT2D eigenvalue weighted by Gasteiger charge is 2.37. The van der Waals surface area contributed by atoms with Gasteiger partial charge < -0.3 is 10.6 Å². The fourth-order valence-corrected chi connectivity index (χ4v) is 2.76. The van der Waals surface area contributed by atoms with Crippen LogP contribution in [0.25, 0.3) is 0 Å². The Morgan fingerprint density at radius 3 is 2.00 bits per heavy atom. The van der Waals surface area contributed by atoms with Gasteiger partial charge in [-0.3, -0.25) is 14.6 Å². The predicted molar refractivity (Wildman–Crippen MR) is 94.8 cm³/mol. The van der Waals surface area contributed by atoms with E-state index in [2.05, 4.69) is 20.6 Å². The minimum atomic E-state index is -5.08. The number of alkyl halides is 6. The van der Waals surface area contributed by atoms with Gasteiger partial charge in [0.1, 0.15) is 0 Å². The maximum atomic E-state index is 13.0. The van der Waals surface area contributed by atoms with Crippen molar-refractivity contribution in [1.82, 2.24) is 20.6 Å². The molecule has 2 aromatic rings. The lowest BCUT2D eigenvalue weighted by Crippen LogP contribution is -2.32. The van der Waals surface area contributed by atoms with Crippen LogP contribution in [0.3, 0.4) is 0 Å². The van der Waals surface area contributed by atoms with Gasteiger partial charge in [-0.2, -0.15) is 26.3 Å². The molecule has 3 rings (SSSR count). The summed E-state index contributed by atoms with van der Waals surface area (Å²) in [6.07, 6.45) is -6.04. The van der Waals surface area contributed by atoms with Gasteiger partial charge in [0.05, 0.1) is 22.9 Å². The molecule has 0 saturated heterocycles. The zero-order chi connectivity index (χ0) is 23.0. The Balaban J connectivity index is 1.87. The smallest absolute Gasteiger partial charge is 0.348 e. The van der Waals surface area contributed by atoms with Gasteiger partial charge in [-0.15, -0.1) is 0 Å². The van der Waals surface area contributed by atoms with Crippen LogP contribution in [0.2, 0.25) is 0 Å². The summed E-state index contributed by atoms with van der Waals surface area (Å²) in [7, 11) is 0. The van der Waals surface area contributed by atoms with Gasteiger partial charge in [0.2, 0.25) is 0 Å². The number of nitrogens with one attached hydrogen (secondary N) is 2. The number of nitrogens with zero attached hydrogens (tertiary/aromatic N) is 2. The Kier molecular flexibility index (Phi) is 5.92. The Labute approximate surface area is 172 Å². The summed E-state index contributed by atoms with van der Waals surface area (Å²) in [5.41, 5.74) is -4.12. The molecule has 2 N–H and O–H groups in total. The van der Waals surface area contributed by atoms with Crippen LogP contribution in [-0.4, -0.2) is 27.8 Å². The average Bonchev–Trinajstić information content (AvgIpc) is 3.50. The molecule has 1 saturated carbocycles. The highest BCUT2D eigenvalue weighted by atomic mass is 19.4. The number of hydrogen-bond acceptors (Lipinski definition) is 4. The second-order valence-corrected chi connectivity index (χ2v) is 7.03. The molecule has 0 radical (unpaired) electrons. The molecule has 1 fully saturated rings. The van der Waals surface area contributed by atoms with Gasteiger partial charge in [0.25, 0.3) is 11.8 Å². The SMILES string of the molecule is CC(NC(=O)c1cc(C(F)(F)F)cc(C(F)(F)F)c1)c1nccnc1C(=O)NC1CC1. The number of amides is 2. The van der Waals surface area contributed by atoms with E-state index in [4.69, 9.17) is 0 Å². The lowest BCUT2D eigenvalue weighted by atomic mass is 10.0. The Bertz CT molecular complexity index is 969. The second kappa shape index (κ2) is 8.16. The van der Waals surface area contributed by atoms with Crippen LogP contribution in [0.1, 0.15) is 63.5 Å². The standard InChI is InChI=1S/C19H16F6N4O2/c1-9(14-15(27-5-4-26-14)17(31)29-13-2-3-13)28-16(30)10-6-11(18(20,21)22)8-12(7-10)19(23,24)25/h4-9,13H,2-3H2,1H3,(H,28,30)(H,29,31). The van der Waals surface area contributed by atoms with E-state index in [1.807, 2.05) is 0 Å². The number of carbonyl (C=O) groups excluding carboxylic acids is 2. The molecule has 0 spiro atoms. The minimum absolute atomic E-state index is 0.0122. The van der Waals surface area contributed by atoms with Crippen molar-refractivity contribution >= 4 is 11.8 Å². The first-order chi connectivity index (χ1) is 14.4. The fourth-order valence-electron chi connectivity index (χ4n) is 2.76. The van der Waals surface area contributed by atoms with Crippen molar-refractivity contribution in [3.63, 3.8) is 0 Å². The van der Waals surface area contributed by atoms with E-state index < -0.39 is 46.9 Å². The van der Waals surface area contributed by atoms with Crippen LogP contribution in [0.15, 0.2) is 30.6 Å². The van der Waals surface area contributed by atoms with Gasteiger partial charge in [0, 0.05) is 24.0 Å².